The van der Waals surface area contributed by atoms with Crippen molar-refractivity contribution in [2.24, 2.45) is 4.76 Å². The van der Waals surface area contributed by atoms with Crippen LogP contribution in [0, 0.1) is 0 Å². The molecule has 0 amide bonds. The molecule has 1 saturated heterocycles. The molecule has 17 heavy (non-hydrogen) atoms. The van der Waals surface area contributed by atoms with Crippen molar-refractivity contribution in [3.05, 3.63) is 0 Å². The molecule has 100 valence electrons. The summed E-state index contributed by atoms with van der Waals surface area (Å²) in [5, 5.41) is 0. The Kier molecular flexibility index (Phi) is 7.07. The Bertz CT molecular complexity index is 299. The van der Waals surface area contributed by atoms with Gasteiger partial charge in [-0.1, -0.05) is 23.5 Å². The molecule has 7 heteroatoms. The van der Waals surface area contributed by atoms with E-state index in [4.69, 9.17) is 20.9 Å². The van der Waals surface area contributed by atoms with Crippen LogP contribution < -0.4 is 0 Å². The lowest BCUT2D eigenvalue weighted by molar-refractivity contribution is 0.176. The zero-order valence-corrected chi connectivity index (χ0v) is 14.1. The van der Waals surface area contributed by atoms with E-state index in [1.807, 2.05) is 27.7 Å². The highest BCUT2D eigenvalue weighted by Crippen LogP contribution is 2.54. The first kappa shape index (κ1) is 16.0. The van der Waals surface area contributed by atoms with Crippen molar-refractivity contribution < 1.29 is 9.05 Å². The van der Waals surface area contributed by atoms with E-state index in [1.165, 1.54) is 6.42 Å². The fourth-order valence-corrected chi connectivity index (χ4v) is 7.23. The van der Waals surface area contributed by atoms with Gasteiger partial charge >= 0.3 is 6.64 Å². The number of nitrogens with zero attached hydrogens (tertiary/aromatic N) is 1. The quantitative estimate of drug-likeness (QED) is 0.707. The lowest BCUT2D eigenvalue weighted by Crippen LogP contribution is -2.08. The molecule has 1 aliphatic heterocycles. The standard InChI is InChI=1S/C10H20NO2PS3/c1-8(2)12-14(15,13-9(3)4)11-10-16-6-5-7-17-10/h8-9H,5-7H2,1-4H3. The summed E-state index contributed by atoms with van der Waals surface area (Å²) in [5.74, 6) is 2.23. The van der Waals surface area contributed by atoms with E-state index in [2.05, 4.69) is 4.76 Å². The van der Waals surface area contributed by atoms with Gasteiger partial charge in [0.2, 0.25) is 0 Å². The van der Waals surface area contributed by atoms with Gasteiger partial charge < -0.3 is 9.05 Å². The summed E-state index contributed by atoms with van der Waals surface area (Å²) in [7, 11) is 0. The molecule has 1 heterocycles. The number of hydrogen-bond donors (Lipinski definition) is 0. The summed E-state index contributed by atoms with van der Waals surface area (Å²) in [4.78, 5) is 0. The molecule has 0 aromatic carbocycles. The zero-order chi connectivity index (χ0) is 12.9. The Balaban J connectivity index is 2.77. The molecule has 1 rings (SSSR count). The fourth-order valence-electron chi connectivity index (χ4n) is 1.18. The minimum Gasteiger partial charge on any atom is -0.310 e. The van der Waals surface area contributed by atoms with Crippen LogP contribution in [0.3, 0.4) is 0 Å². The maximum atomic E-state index is 5.74. The molecule has 1 fully saturated rings. The molecule has 0 aliphatic carbocycles. The molecule has 0 unspecified atom stereocenters. The first-order valence-electron chi connectivity index (χ1n) is 5.74. The molecular formula is C10H20NO2PS3. The van der Waals surface area contributed by atoms with Crippen molar-refractivity contribution in [2.75, 3.05) is 11.5 Å². The van der Waals surface area contributed by atoms with Crippen molar-refractivity contribution in [1.29, 1.82) is 0 Å². The summed E-state index contributed by atoms with van der Waals surface area (Å²) >= 11 is 9.00. The summed E-state index contributed by atoms with van der Waals surface area (Å²) in [6.45, 7) is 5.34. The van der Waals surface area contributed by atoms with E-state index >= 15 is 0 Å². The summed E-state index contributed by atoms with van der Waals surface area (Å²) < 4.78 is 17.1. The van der Waals surface area contributed by atoms with Crippen LogP contribution in [0.2, 0.25) is 0 Å². The van der Waals surface area contributed by atoms with Gasteiger partial charge in [0.1, 0.15) is 4.38 Å². The van der Waals surface area contributed by atoms with Gasteiger partial charge in [0.15, 0.2) is 0 Å². The topological polar surface area (TPSA) is 30.8 Å². The second-order valence-electron chi connectivity index (χ2n) is 4.19. The van der Waals surface area contributed by atoms with Crippen molar-refractivity contribution >= 4 is 46.3 Å². The highest BCUT2D eigenvalue weighted by Gasteiger charge is 2.24. The molecule has 0 N–H and O–H groups in total. The lowest BCUT2D eigenvalue weighted by Gasteiger charge is -2.23. The molecule has 0 bridgehead atoms. The summed E-state index contributed by atoms with van der Waals surface area (Å²) in [6.07, 6.45) is 1.32. The van der Waals surface area contributed by atoms with E-state index in [0.717, 1.165) is 15.9 Å². The second kappa shape index (κ2) is 7.51. The monoisotopic (exact) mass is 313 g/mol. The van der Waals surface area contributed by atoms with Gasteiger partial charge in [0, 0.05) is 11.5 Å². The van der Waals surface area contributed by atoms with Gasteiger partial charge in [-0.25, -0.2) is 0 Å². The minimum atomic E-state index is -2.52. The van der Waals surface area contributed by atoms with E-state index in [-0.39, 0.29) is 12.2 Å². The predicted octanol–water partition coefficient (Wildman–Crippen LogP) is 4.29. The van der Waals surface area contributed by atoms with Crippen LogP contribution in [0.15, 0.2) is 4.76 Å². The number of rotatable bonds is 5. The van der Waals surface area contributed by atoms with Gasteiger partial charge in [-0.3, -0.25) is 0 Å². The fraction of sp³-hybridized carbons (Fsp3) is 0.900. The molecule has 1 aliphatic rings. The van der Waals surface area contributed by atoms with Crippen LogP contribution in [0.5, 0.6) is 0 Å². The van der Waals surface area contributed by atoms with Gasteiger partial charge in [0.25, 0.3) is 0 Å². The Morgan fingerprint density at radius 3 is 2.00 bits per heavy atom. The van der Waals surface area contributed by atoms with E-state index < -0.39 is 6.64 Å². The van der Waals surface area contributed by atoms with Crippen molar-refractivity contribution in [3.63, 3.8) is 0 Å². The summed E-state index contributed by atoms with van der Waals surface area (Å²) in [6, 6.07) is 0. The van der Waals surface area contributed by atoms with Crippen LogP contribution in [0.4, 0.5) is 0 Å². The molecule has 3 nitrogen and oxygen atoms in total. The Morgan fingerprint density at radius 1 is 1.12 bits per heavy atom. The zero-order valence-electron chi connectivity index (χ0n) is 10.7. The number of thioether (sulfide) groups is 2. The van der Waals surface area contributed by atoms with Crippen LogP contribution in [-0.4, -0.2) is 28.1 Å². The maximum absolute atomic E-state index is 5.74. The normalized spacial score (nSPS) is 17.9. The van der Waals surface area contributed by atoms with E-state index in [0.29, 0.717) is 0 Å². The smallest absolute Gasteiger partial charge is 0.310 e. The van der Waals surface area contributed by atoms with Crippen LogP contribution in [-0.2, 0) is 20.9 Å². The van der Waals surface area contributed by atoms with Crippen LogP contribution in [0.1, 0.15) is 34.1 Å². The molecular weight excluding hydrogens is 293 g/mol. The third kappa shape index (κ3) is 6.60. The van der Waals surface area contributed by atoms with Gasteiger partial charge in [-0.2, -0.15) is 4.76 Å². The molecule has 0 atom stereocenters. The largest absolute Gasteiger partial charge is 0.311 e. The molecule has 0 spiro atoms. The van der Waals surface area contributed by atoms with Gasteiger partial charge in [-0.05, 0) is 45.9 Å². The second-order valence-corrected chi connectivity index (χ2v) is 9.56. The Morgan fingerprint density at radius 2 is 1.59 bits per heavy atom. The van der Waals surface area contributed by atoms with Crippen molar-refractivity contribution in [1.82, 2.24) is 0 Å². The van der Waals surface area contributed by atoms with Gasteiger partial charge in [-0.15, -0.1) is 0 Å². The van der Waals surface area contributed by atoms with Gasteiger partial charge in [0.05, 0.1) is 12.2 Å². The SMILES string of the molecule is CC(C)OP(=S)(N=C1SCCCS1)OC(C)C. The number of hydrogen-bond acceptors (Lipinski definition) is 5. The highest BCUT2D eigenvalue weighted by molar-refractivity contribution is 8.39. The third-order valence-corrected chi connectivity index (χ3v) is 6.85. The molecule has 0 aromatic rings. The highest BCUT2D eigenvalue weighted by atomic mass is 32.5. The molecule has 0 radical (unpaired) electrons. The average molecular weight is 313 g/mol. The minimum absolute atomic E-state index is 0.0440. The van der Waals surface area contributed by atoms with Crippen molar-refractivity contribution in [2.45, 2.75) is 46.3 Å². The van der Waals surface area contributed by atoms with Crippen LogP contribution >= 0.6 is 30.2 Å². The lowest BCUT2D eigenvalue weighted by atomic mass is 10.5. The Hall–Kier alpha value is 0.940. The van der Waals surface area contributed by atoms with E-state index in [1.54, 1.807) is 23.5 Å². The molecule has 0 saturated carbocycles. The third-order valence-electron chi connectivity index (χ3n) is 1.63. The predicted molar refractivity (Wildman–Crippen MR) is 83.7 cm³/mol. The van der Waals surface area contributed by atoms with Crippen molar-refractivity contribution in [3.8, 4) is 0 Å². The first-order valence-corrected chi connectivity index (χ1v) is 10.3. The average Bonchev–Trinajstić information content (AvgIpc) is 2.15. The Labute approximate surface area is 118 Å². The molecule has 0 aromatic heterocycles. The maximum Gasteiger partial charge on any atom is 0.311 e. The van der Waals surface area contributed by atoms with Crippen LogP contribution in [0.25, 0.3) is 0 Å². The first-order chi connectivity index (χ1) is 7.91. The summed E-state index contributed by atoms with van der Waals surface area (Å²) in [5.41, 5.74) is 0. The van der Waals surface area contributed by atoms with E-state index in [9.17, 15) is 0 Å².